The molecule has 11 heteroatoms. The molecule has 34 heavy (non-hydrogen) atoms. The normalized spacial score (nSPS) is 15.7. The first-order valence-electron chi connectivity index (χ1n) is 10.3. The SMILES string of the molecule is CCOC(=O)c1ccc(N2C[C@H](C(=O)OCC(=O)Nc3cccc(C(F)(F)F)c3)CC2=O)cc1. The number of halogens is 3. The van der Waals surface area contributed by atoms with E-state index in [0.717, 1.165) is 18.2 Å². The van der Waals surface area contributed by atoms with Gasteiger partial charge in [0.05, 0.1) is 23.7 Å². The minimum atomic E-state index is -4.56. The molecule has 1 aliphatic rings. The second kappa shape index (κ2) is 10.4. The Labute approximate surface area is 192 Å². The maximum absolute atomic E-state index is 12.8. The lowest BCUT2D eigenvalue weighted by Crippen LogP contribution is -2.28. The summed E-state index contributed by atoms with van der Waals surface area (Å²) in [4.78, 5) is 49.8. The van der Waals surface area contributed by atoms with Crippen LogP contribution in [0.3, 0.4) is 0 Å². The largest absolute Gasteiger partial charge is 0.462 e. The molecule has 0 aliphatic carbocycles. The maximum atomic E-state index is 12.8. The van der Waals surface area contributed by atoms with Crippen LogP contribution in [0.1, 0.15) is 29.3 Å². The predicted octanol–water partition coefficient (Wildman–Crippen LogP) is 3.42. The number of esters is 2. The van der Waals surface area contributed by atoms with Crippen LogP contribution in [0.2, 0.25) is 0 Å². The van der Waals surface area contributed by atoms with Crippen molar-refractivity contribution in [1.82, 2.24) is 0 Å². The average Bonchev–Trinajstić information content (AvgIpc) is 3.19. The summed E-state index contributed by atoms with van der Waals surface area (Å²) in [6, 6.07) is 10.2. The first-order valence-corrected chi connectivity index (χ1v) is 10.3. The first-order chi connectivity index (χ1) is 16.1. The zero-order valence-electron chi connectivity index (χ0n) is 18.1. The monoisotopic (exact) mass is 478 g/mol. The number of ether oxygens (including phenoxy) is 2. The summed E-state index contributed by atoms with van der Waals surface area (Å²) in [5, 5.41) is 2.24. The van der Waals surface area contributed by atoms with Crippen molar-refractivity contribution in [2.45, 2.75) is 19.5 Å². The zero-order valence-corrected chi connectivity index (χ0v) is 18.1. The van der Waals surface area contributed by atoms with Crippen LogP contribution in [0.25, 0.3) is 0 Å². The third-order valence-corrected chi connectivity index (χ3v) is 4.97. The van der Waals surface area contributed by atoms with Gasteiger partial charge >= 0.3 is 18.1 Å². The average molecular weight is 478 g/mol. The van der Waals surface area contributed by atoms with Gasteiger partial charge in [-0.15, -0.1) is 0 Å². The second-order valence-corrected chi connectivity index (χ2v) is 7.41. The summed E-state index contributed by atoms with van der Waals surface area (Å²) in [5.41, 5.74) is -0.220. The molecule has 3 rings (SSSR count). The second-order valence-electron chi connectivity index (χ2n) is 7.41. The Morgan fingerprint density at radius 2 is 1.79 bits per heavy atom. The summed E-state index contributed by atoms with van der Waals surface area (Å²) >= 11 is 0. The quantitative estimate of drug-likeness (QED) is 0.612. The Morgan fingerprint density at radius 1 is 1.09 bits per heavy atom. The highest BCUT2D eigenvalue weighted by Gasteiger charge is 2.36. The summed E-state index contributed by atoms with van der Waals surface area (Å²) in [5.74, 6) is -3.24. The number of hydrogen-bond donors (Lipinski definition) is 1. The number of hydrogen-bond acceptors (Lipinski definition) is 6. The number of alkyl halides is 3. The lowest BCUT2D eigenvalue weighted by molar-refractivity contribution is -0.151. The number of carbonyl (C=O) groups is 4. The summed E-state index contributed by atoms with van der Waals surface area (Å²) in [6.07, 6.45) is -4.69. The van der Waals surface area contributed by atoms with Crippen LogP contribution in [-0.4, -0.2) is 43.5 Å². The molecule has 0 unspecified atom stereocenters. The van der Waals surface area contributed by atoms with Crippen molar-refractivity contribution < 1.29 is 41.8 Å². The zero-order chi connectivity index (χ0) is 24.9. The van der Waals surface area contributed by atoms with Crippen LogP contribution >= 0.6 is 0 Å². The molecule has 2 amide bonds. The molecule has 0 radical (unpaired) electrons. The van der Waals surface area contributed by atoms with E-state index in [1.807, 2.05) is 0 Å². The van der Waals surface area contributed by atoms with E-state index in [1.165, 1.54) is 23.1 Å². The molecule has 8 nitrogen and oxygen atoms in total. The third-order valence-electron chi connectivity index (χ3n) is 4.97. The molecule has 180 valence electrons. The Balaban J connectivity index is 1.53. The van der Waals surface area contributed by atoms with Gasteiger partial charge in [-0.05, 0) is 49.4 Å². The molecular formula is C23H21F3N2O6. The van der Waals surface area contributed by atoms with Crippen LogP contribution in [0.5, 0.6) is 0 Å². The molecule has 1 aliphatic heterocycles. The molecule has 1 saturated heterocycles. The van der Waals surface area contributed by atoms with Crippen molar-refractivity contribution >= 4 is 35.1 Å². The molecule has 1 fully saturated rings. The van der Waals surface area contributed by atoms with Crippen molar-refractivity contribution in [3.8, 4) is 0 Å². The summed E-state index contributed by atoms with van der Waals surface area (Å²) < 4.78 is 48.2. The van der Waals surface area contributed by atoms with Gasteiger partial charge in [0, 0.05) is 24.3 Å². The minimum Gasteiger partial charge on any atom is -0.462 e. The molecule has 0 spiro atoms. The van der Waals surface area contributed by atoms with Crippen molar-refractivity contribution in [2.75, 3.05) is 30.0 Å². The highest BCUT2D eigenvalue weighted by molar-refractivity contribution is 6.00. The van der Waals surface area contributed by atoms with Crippen LogP contribution in [0, 0.1) is 5.92 Å². The van der Waals surface area contributed by atoms with Crippen LogP contribution in [0.15, 0.2) is 48.5 Å². The predicted molar refractivity (Wildman–Crippen MR) is 114 cm³/mol. The molecule has 2 aromatic carbocycles. The Bertz CT molecular complexity index is 1080. The van der Waals surface area contributed by atoms with Crippen molar-refractivity contribution in [3.05, 3.63) is 59.7 Å². The molecule has 1 heterocycles. The molecule has 2 aromatic rings. The van der Waals surface area contributed by atoms with E-state index in [0.29, 0.717) is 11.3 Å². The lowest BCUT2D eigenvalue weighted by Gasteiger charge is -2.17. The number of nitrogens with one attached hydrogen (secondary N) is 1. The van der Waals surface area contributed by atoms with E-state index in [2.05, 4.69) is 5.32 Å². The molecule has 0 bridgehead atoms. The fourth-order valence-electron chi connectivity index (χ4n) is 3.33. The Morgan fingerprint density at radius 3 is 2.44 bits per heavy atom. The maximum Gasteiger partial charge on any atom is 0.416 e. The molecule has 0 saturated carbocycles. The molecule has 0 aromatic heterocycles. The van der Waals surface area contributed by atoms with Crippen molar-refractivity contribution in [2.24, 2.45) is 5.92 Å². The van der Waals surface area contributed by atoms with E-state index >= 15 is 0 Å². The van der Waals surface area contributed by atoms with Gasteiger partial charge in [-0.1, -0.05) is 6.07 Å². The van der Waals surface area contributed by atoms with Gasteiger partial charge in [-0.2, -0.15) is 13.2 Å². The lowest BCUT2D eigenvalue weighted by atomic mass is 10.1. The Hall–Kier alpha value is -3.89. The molecule has 1 atom stereocenters. The van der Waals surface area contributed by atoms with Gasteiger partial charge in [0.25, 0.3) is 5.91 Å². The molecular weight excluding hydrogens is 457 g/mol. The highest BCUT2D eigenvalue weighted by Crippen LogP contribution is 2.30. The van der Waals surface area contributed by atoms with Gasteiger partial charge < -0.3 is 19.7 Å². The summed E-state index contributed by atoms with van der Waals surface area (Å²) in [6.45, 7) is 1.22. The van der Waals surface area contributed by atoms with Gasteiger partial charge in [-0.25, -0.2) is 4.79 Å². The fourth-order valence-corrected chi connectivity index (χ4v) is 3.33. The van der Waals surface area contributed by atoms with E-state index < -0.39 is 42.1 Å². The van der Waals surface area contributed by atoms with Crippen molar-refractivity contribution in [1.29, 1.82) is 0 Å². The Kier molecular flexibility index (Phi) is 7.54. The van der Waals surface area contributed by atoms with E-state index in [-0.39, 0.29) is 31.2 Å². The van der Waals surface area contributed by atoms with Gasteiger partial charge in [-0.3, -0.25) is 14.4 Å². The minimum absolute atomic E-state index is 0.0195. The fraction of sp³-hybridized carbons (Fsp3) is 0.304. The number of anilines is 2. The topological polar surface area (TPSA) is 102 Å². The number of nitrogens with zero attached hydrogens (tertiary/aromatic N) is 1. The highest BCUT2D eigenvalue weighted by atomic mass is 19.4. The number of rotatable bonds is 7. The van der Waals surface area contributed by atoms with Gasteiger partial charge in [0.1, 0.15) is 0 Å². The number of benzene rings is 2. The first kappa shape index (κ1) is 24.7. The van der Waals surface area contributed by atoms with Crippen LogP contribution < -0.4 is 10.2 Å². The molecule has 1 N–H and O–H groups in total. The summed E-state index contributed by atoms with van der Waals surface area (Å²) in [7, 11) is 0. The smallest absolute Gasteiger partial charge is 0.416 e. The number of amides is 2. The van der Waals surface area contributed by atoms with Crippen LogP contribution in [-0.2, 0) is 30.0 Å². The van der Waals surface area contributed by atoms with Gasteiger partial charge in [0.15, 0.2) is 6.61 Å². The van der Waals surface area contributed by atoms with E-state index in [4.69, 9.17) is 9.47 Å². The van der Waals surface area contributed by atoms with Gasteiger partial charge in [0.2, 0.25) is 5.91 Å². The van der Waals surface area contributed by atoms with Crippen molar-refractivity contribution in [3.63, 3.8) is 0 Å². The van der Waals surface area contributed by atoms with Crippen LogP contribution in [0.4, 0.5) is 24.5 Å². The standard InChI is InChI=1S/C23H21F3N2O6/c1-2-33-21(31)14-6-8-18(9-7-14)28-12-15(10-20(28)30)22(32)34-13-19(29)27-17-5-3-4-16(11-17)23(24,25)26/h3-9,11,15H,2,10,12-13H2,1H3,(H,27,29)/t15-/m1/s1. The van der Waals surface area contributed by atoms with E-state index in [1.54, 1.807) is 19.1 Å². The van der Waals surface area contributed by atoms with E-state index in [9.17, 15) is 32.3 Å². The third kappa shape index (κ3) is 6.12. The number of carbonyl (C=O) groups excluding carboxylic acids is 4.